The average molecular weight is 283 g/mol. The maximum Gasteiger partial charge on any atom is 0.329 e. The molecule has 1 aromatic rings. The van der Waals surface area contributed by atoms with Gasteiger partial charge < -0.3 is 15.3 Å². The molecule has 1 unspecified atom stereocenters. The number of rotatable bonds is 8. The predicted molar refractivity (Wildman–Crippen MR) is 77.0 cm³/mol. The van der Waals surface area contributed by atoms with Crippen LogP contribution in [0.4, 0.5) is 17.5 Å². The van der Waals surface area contributed by atoms with Gasteiger partial charge in [0.1, 0.15) is 6.20 Å². The lowest BCUT2D eigenvalue weighted by Gasteiger charge is -2.19. The van der Waals surface area contributed by atoms with Crippen LogP contribution in [0.25, 0.3) is 0 Å². The smallest absolute Gasteiger partial charge is 0.329 e. The molecular formula is C12H21N5O3. The summed E-state index contributed by atoms with van der Waals surface area (Å²) in [5.74, 6) is 0.626. The minimum atomic E-state index is -0.502. The van der Waals surface area contributed by atoms with Crippen molar-refractivity contribution in [1.29, 1.82) is 0 Å². The average Bonchev–Trinajstić information content (AvgIpc) is 2.41. The Labute approximate surface area is 118 Å². The fourth-order valence-electron chi connectivity index (χ4n) is 1.58. The van der Waals surface area contributed by atoms with Crippen LogP contribution in [-0.2, 0) is 0 Å². The molecule has 0 spiro atoms. The van der Waals surface area contributed by atoms with Gasteiger partial charge in [-0.1, -0.05) is 6.92 Å². The molecule has 8 nitrogen and oxygen atoms in total. The summed E-state index contributed by atoms with van der Waals surface area (Å²) in [7, 11) is 1.71. The number of nitrogens with zero attached hydrogens (tertiary/aromatic N) is 4. The topological polar surface area (TPSA) is 104 Å². The van der Waals surface area contributed by atoms with Gasteiger partial charge >= 0.3 is 5.69 Å². The summed E-state index contributed by atoms with van der Waals surface area (Å²) in [5, 5.41) is 23.3. The highest BCUT2D eigenvalue weighted by Crippen LogP contribution is 2.25. The summed E-state index contributed by atoms with van der Waals surface area (Å²) >= 11 is 0. The summed E-state index contributed by atoms with van der Waals surface area (Å²) in [5.41, 5.74) is -0.139. The molecule has 1 rings (SSSR count). The zero-order valence-electron chi connectivity index (χ0n) is 12.0. The van der Waals surface area contributed by atoms with Crippen molar-refractivity contribution in [2.75, 3.05) is 30.4 Å². The van der Waals surface area contributed by atoms with Crippen molar-refractivity contribution in [3.8, 4) is 0 Å². The largest absolute Gasteiger partial charge is 0.393 e. The molecule has 1 heterocycles. The molecule has 0 aliphatic rings. The maximum absolute atomic E-state index is 11.0. The molecule has 8 heteroatoms. The van der Waals surface area contributed by atoms with E-state index in [2.05, 4.69) is 15.3 Å². The number of aliphatic hydroxyl groups is 1. The highest BCUT2D eigenvalue weighted by molar-refractivity contribution is 5.58. The van der Waals surface area contributed by atoms with Crippen LogP contribution in [-0.4, -0.2) is 46.2 Å². The van der Waals surface area contributed by atoms with E-state index in [0.717, 1.165) is 6.42 Å². The molecule has 20 heavy (non-hydrogen) atoms. The Morgan fingerprint density at radius 3 is 2.85 bits per heavy atom. The first-order chi connectivity index (χ1) is 9.45. The molecule has 1 aromatic heterocycles. The van der Waals surface area contributed by atoms with Gasteiger partial charge in [0.15, 0.2) is 0 Å². The number of hydrogen-bond acceptors (Lipinski definition) is 7. The van der Waals surface area contributed by atoms with E-state index in [1.807, 2.05) is 6.92 Å². The van der Waals surface area contributed by atoms with Crippen molar-refractivity contribution in [3.63, 3.8) is 0 Å². The Morgan fingerprint density at radius 2 is 2.30 bits per heavy atom. The zero-order valence-corrected chi connectivity index (χ0v) is 12.0. The van der Waals surface area contributed by atoms with Crippen LogP contribution in [0.1, 0.15) is 26.7 Å². The molecule has 1 atom stereocenters. The number of nitro groups is 1. The third-order valence-corrected chi connectivity index (χ3v) is 2.72. The molecular weight excluding hydrogens is 262 g/mol. The predicted octanol–water partition coefficient (Wildman–Crippen LogP) is 1.41. The highest BCUT2D eigenvalue weighted by atomic mass is 16.6. The number of anilines is 2. The van der Waals surface area contributed by atoms with Gasteiger partial charge in [0.05, 0.1) is 11.0 Å². The van der Waals surface area contributed by atoms with E-state index in [4.69, 9.17) is 0 Å². The van der Waals surface area contributed by atoms with Crippen molar-refractivity contribution in [2.24, 2.45) is 0 Å². The Balaban J connectivity index is 2.95. The van der Waals surface area contributed by atoms with Crippen molar-refractivity contribution in [3.05, 3.63) is 16.3 Å². The first-order valence-electron chi connectivity index (χ1n) is 6.60. The SMILES string of the molecule is CCCNc1ncc([N+](=O)[O-])c(N(C)CCC(C)O)n1. The molecule has 112 valence electrons. The molecule has 2 N–H and O–H groups in total. The van der Waals surface area contributed by atoms with Crippen molar-refractivity contribution in [2.45, 2.75) is 32.8 Å². The lowest BCUT2D eigenvalue weighted by atomic mass is 10.2. The molecule has 0 radical (unpaired) electrons. The number of hydrogen-bond donors (Lipinski definition) is 2. The van der Waals surface area contributed by atoms with Gasteiger partial charge in [-0.15, -0.1) is 0 Å². The second-order valence-electron chi connectivity index (χ2n) is 4.65. The van der Waals surface area contributed by atoms with E-state index in [-0.39, 0.29) is 11.5 Å². The fourth-order valence-corrected chi connectivity index (χ4v) is 1.58. The Hall–Kier alpha value is -1.96. The van der Waals surface area contributed by atoms with Crippen LogP contribution in [0.15, 0.2) is 6.20 Å². The summed E-state index contributed by atoms with van der Waals surface area (Å²) in [6.07, 6.45) is 2.17. The van der Waals surface area contributed by atoms with E-state index in [0.29, 0.717) is 25.5 Å². The first kappa shape index (κ1) is 16.1. The second-order valence-corrected chi connectivity index (χ2v) is 4.65. The van der Waals surface area contributed by atoms with Crippen LogP contribution in [0.2, 0.25) is 0 Å². The number of aromatic nitrogens is 2. The van der Waals surface area contributed by atoms with Crippen molar-refractivity contribution < 1.29 is 10.0 Å². The van der Waals surface area contributed by atoms with Crippen LogP contribution in [0, 0.1) is 10.1 Å². The van der Waals surface area contributed by atoms with E-state index in [1.54, 1.807) is 18.9 Å². The van der Waals surface area contributed by atoms with E-state index < -0.39 is 11.0 Å². The van der Waals surface area contributed by atoms with Gasteiger partial charge in [-0.2, -0.15) is 4.98 Å². The van der Waals surface area contributed by atoms with E-state index in [9.17, 15) is 15.2 Å². The lowest BCUT2D eigenvalue weighted by Crippen LogP contribution is -2.24. The Bertz CT molecular complexity index is 453. The second kappa shape index (κ2) is 7.59. The standard InChI is InChI=1S/C12H21N5O3/c1-4-6-13-12-14-8-10(17(19)20)11(15-12)16(3)7-5-9(2)18/h8-9,18H,4-7H2,1-3H3,(H,13,14,15). The van der Waals surface area contributed by atoms with Gasteiger partial charge in [0, 0.05) is 20.1 Å². The highest BCUT2D eigenvalue weighted by Gasteiger charge is 2.20. The molecule has 0 saturated heterocycles. The molecule has 0 aliphatic heterocycles. The van der Waals surface area contributed by atoms with Gasteiger partial charge in [0.25, 0.3) is 0 Å². The third-order valence-electron chi connectivity index (χ3n) is 2.72. The lowest BCUT2D eigenvalue weighted by molar-refractivity contribution is -0.384. The number of nitrogens with one attached hydrogen (secondary N) is 1. The third kappa shape index (κ3) is 4.61. The van der Waals surface area contributed by atoms with Gasteiger partial charge in [-0.25, -0.2) is 4.98 Å². The van der Waals surface area contributed by atoms with E-state index >= 15 is 0 Å². The molecule has 0 bridgehead atoms. The quantitative estimate of drug-likeness (QED) is 0.549. The van der Waals surface area contributed by atoms with E-state index in [1.165, 1.54) is 6.20 Å². The van der Waals surface area contributed by atoms with Crippen molar-refractivity contribution in [1.82, 2.24) is 9.97 Å². The summed E-state index contributed by atoms with van der Waals surface area (Å²) in [6, 6.07) is 0. The van der Waals surface area contributed by atoms with Gasteiger partial charge in [0.2, 0.25) is 11.8 Å². The van der Waals surface area contributed by atoms with Crippen molar-refractivity contribution >= 4 is 17.5 Å². The van der Waals surface area contributed by atoms with Crippen LogP contribution in [0.5, 0.6) is 0 Å². The first-order valence-corrected chi connectivity index (χ1v) is 6.60. The normalized spacial score (nSPS) is 12.0. The summed E-state index contributed by atoms with van der Waals surface area (Å²) < 4.78 is 0. The molecule has 0 aliphatic carbocycles. The maximum atomic E-state index is 11.0. The number of aliphatic hydroxyl groups excluding tert-OH is 1. The minimum Gasteiger partial charge on any atom is -0.393 e. The molecule has 0 saturated carbocycles. The van der Waals surface area contributed by atoms with Crippen LogP contribution < -0.4 is 10.2 Å². The zero-order chi connectivity index (χ0) is 15.1. The van der Waals surface area contributed by atoms with Crippen LogP contribution >= 0.6 is 0 Å². The van der Waals surface area contributed by atoms with Gasteiger partial charge in [-0.3, -0.25) is 10.1 Å². The Morgan fingerprint density at radius 1 is 1.60 bits per heavy atom. The Kier molecular flexibility index (Phi) is 6.10. The summed E-state index contributed by atoms with van der Waals surface area (Å²) in [6.45, 7) is 4.86. The molecule has 0 amide bonds. The molecule has 0 aromatic carbocycles. The fraction of sp³-hybridized carbons (Fsp3) is 0.667. The monoisotopic (exact) mass is 283 g/mol. The summed E-state index contributed by atoms with van der Waals surface area (Å²) in [4.78, 5) is 20.3. The van der Waals surface area contributed by atoms with Gasteiger partial charge in [-0.05, 0) is 19.8 Å². The minimum absolute atomic E-state index is 0.139. The van der Waals surface area contributed by atoms with Crippen LogP contribution in [0.3, 0.4) is 0 Å². The molecule has 0 fully saturated rings.